The Balaban J connectivity index is 2.37. The summed E-state index contributed by atoms with van der Waals surface area (Å²) >= 11 is 0. The molecule has 0 bridgehead atoms. The lowest BCUT2D eigenvalue weighted by atomic mass is 10.1. The molecule has 0 unspecified atom stereocenters. The lowest BCUT2D eigenvalue weighted by Gasteiger charge is -2.31. The first kappa shape index (κ1) is 8.35. The van der Waals surface area contributed by atoms with E-state index >= 15 is 0 Å². The highest BCUT2D eigenvalue weighted by molar-refractivity contribution is 5.36. The summed E-state index contributed by atoms with van der Waals surface area (Å²) in [5.74, 6) is 1.35. The number of rotatable bonds is 0. The van der Waals surface area contributed by atoms with Crippen LogP contribution in [-0.4, -0.2) is 17.2 Å². The largest absolute Gasteiger partial charge is 0.479 e. The van der Waals surface area contributed by atoms with Gasteiger partial charge in [-0.2, -0.15) is 0 Å². The standard InChI is InChI=1S/C10H13NO2/c1-7-4-5-8-9(11-7)12-6-10(2,3)13-8/h4-5H,6H2,1-3H3. The Bertz CT molecular complexity index is 334. The second-order valence-corrected chi connectivity index (χ2v) is 3.91. The Morgan fingerprint density at radius 2 is 2.15 bits per heavy atom. The number of pyridine rings is 1. The van der Waals surface area contributed by atoms with E-state index in [1.54, 1.807) is 0 Å². The second-order valence-electron chi connectivity index (χ2n) is 3.91. The molecule has 1 aliphatic rings. The van der Waals surface area contributed by atoms with Crippen molar-refractivity contribution in [1.82, 2.24) is 4.98 Å². The zero-order valence-electron chi connectivity index (χ0n) is 8.13. The van der Waals surface area contributed by atoms with Crippen LogP contribution in [-0.2, 0) is 0 Å². The van der Waals surface area contributed by atoms with Gasteiger partial charge in [0.1, 0.15) is 12.2 Å². The molecule has 3 nitrogen and oxygen atoms in total. The number of aryl methyl sites for hydroxylation is 1. The first-order valence-corrected chi connectivity index (χ1v) is 4.36. The van der Waals surface area contributed by atoms with Crippen LogP contribution in [0.3, 0.4) is 0 Å². The fourth-order valence-corrected chi connectivity index (χ4v) is 1.27. The molecule has 13 heavy (non-hydrogen) atoms. The van der Waals surface area contributed by atoms with Gasteiger partial charge in [0.05, 0.1) is 0 Å². The first-order chi connectivity index (χ1) is 6.07. The van der Waals surface area contributed by atoms with Crippen LogP contribution in [0.5, 0.6) is 11.6 Å². The molecule has 0 radical (unpaired) electrons. The summed E-state index contributed by atoms with van der Waals surface area (Å²) in [6, 6.07) is 3.82. The van der Waals surface area contributed by atoms with Crippen molar-refractivity contribution in [2.45, 2.75) is 26.4 Å². The molecule has 0 amide bonds. The zero-order chi connectivity index (χ0) is 9.47. The van der Waals surface area contributed by atoms with E-state index in [1.165, 1.54) is 0 Å². The minimum absolute atomic E-state index is 0.246. The monoisotopic (exact) mass is 179 g/mol. The predicted octanol–water partition coefficient (Wildman–Crippen LogP) is 1.94. The van der Waals surface area contributed by atoms with E-state index < -0.39 is 0 Å². The molecule has 0 aliphatic carbocycles. The third kappa shape index (κ3) is 1.59. The molecule has 3 heteroatoms. The van der Waals surface area contributed by atoms with Crippen molar-refractivity contribution >= 4 is 0 Å². The molecular formula is C10H13NO2. The molecule has 0 fully saturated rings. The van der Waals surface area contributed by atoms with Gasteiger partial charge in [0.15, 0.2) is 5.75 Å². The normalized spacial score (nSPS) is 18.4. The molecule has 2 heterocycles. The summed E-state index contributed by atoms with van der Waals surface area (Å²) in [6.07, 6.45) is 0. The maximum absolute atomic E-state index is 5.69. The maximum atomic E-state index is 5.69. The van der Waals surface area contributed by atoms with Gasteiger partial charge in [-0.05, 0) is 32.9 Å². The molecule has 1 aromatic rings. The summed E-state index contributed by atoms with van der Waals surface area (Å²) in [4.78, 5) is 4.23. The average molecular weight is 179 g/mol. The molecule has 2 rings (SSSR count). The van der Waals surface area contributed by atoms with Gasteiger partial charge in [-0.25, -0.2) is 4.98 Å². The molecule has 1 aromatic heterocycles. The Morgan fingerprint density at radius 1 is 1.38 bits per heavy atom. The summed E-state index contributed by atoms with van der Waals surface area (Å²) in [6.45, 7) is 6.48. The van der Waals surface area contributed by atoms with Crippen molar-refractivity contribution in [2.75, 3.05) is 6.61 Å². The van der Waals surface area contributed by atoms with E-state index in [4.69, 9.17) is 9.47 Å². The van der Waals surface area contributed by atoms with E-state index in [2.05, 4.69) is 4.98 Å². The summed E-state index contributed by atoms with van der Waals surface area (Å²) in [7, 11) is 0. The van der Waals surface area contributed by atoms with Gasteiger partial charge in [0.2, 0.25) is 0 Å². The number of nitrogens with zero attached hydrogens (tertiary/aromatic N) is 1. The Morgan fingerprint density at radius 3 is 2.92 bits per heavy atom. The minimum atomic E-state index is -0.246. The molecule has 0 saturated heterocycles. The molecule has 0 saturated carbocycles. The molecule has 1 aliphatic heterocycles. The Hall–Kier alpha value is -1.25. The lowest BCUT2D eigenvalue weighted by molar-refractivity contribution is 0.0176. The molecule has 70 valence electrons. The smallest absolute Gasteiger partial charge is 0.257 e. The zero-order valence-corrected chi connectivity index (χ0v) is 8.13. The second kappa shape index (κ2) is 2.62. The Kier molecular flexibility index (Phi) is 1.68. The summed E-state index contributed by atoms with van der Waals surface area (Å²) in [5.41, 5.74) is 0.700. The number of hydrogen-bond acceptors (Lipinski definition) is 3. The molecular weight excluding hydrogens is 166 g/mol. The van der Waals surface area contributed by atoms with Gasteiger partial charge < -0.3 is 9.47 Å². The Labute approximate surface area is 77.7 Å². The van der Waals surface area contributed by atoms with Crippen molar-refractivity contribution in [3.8, 4) is 11.6 Å². The van der Waals surface area contributed by atoms with Gasteiger partial charge in [-0.3, -0.25) is 0 Å². The third-order valence-electron chi connectivity index (χ3n) is 1.91. The van der Waals surface area contributed by atoms with Crippen molar-refractivity contribution in [3.63, 3.8) is 0 Å². The molecule has 0 aromatic carbocycles. The quantitative estimate of drug-likeness (QED) is 0.610. The fourth-order valence-electron chi connectivity index (χ4n) is 1.27. The first-order valence-electron chi connectivity index (χ1n) is 4.36. The number of aromatic nitrogens is 1. The molecule has 0 atom stereocenters. The number of hydrogen-bond donors (Lipinski definition) is 0. The topological polar surface area (TPSA) is 31.4 Å². The van der Waals surface area contributed by atoms with Gasteiger partial charge in [0, 0.05) is 5.69 Å². The van der Waals surface area contributed by atoms with Crippen molar-refractivity contribution in [1.29, 1.82) is 0 Å². The lowest BCUT2D eigenvalue weighted by Crippen LogP contribution is -2.39. The minimum Gasteiger partial charge on any atom is -0.479 e. The van der Waals surface area contributed by atoms with Crippen molar-refractivity contribution < 1.29 is 9.47 Å². The SMILES string of the molecule is Cc1ccc2c(n1)OCC(C)(C)O2. The molecule has 0 spiro atoms. The van der Waals surface area contributed by atoms with E-state index in [0.717, 1.165) is 11.4 Å². The van der Waals surface area contributed by atoms with Crippen LogP contribution in [0, 0.1) is 6.92 Å². The number of fused-ring (bicyclic) bond motifs is 1. The van der Waals surface area contributed by atoms with Crippen LogP contribution in [0.25, 0.3) is 0 Å². The summed E-state index contributed by atoms with van der Waals surface area (Å²) < 4.78 is 11.2. The number of ether oxygens (including phenoxy) is 2. The van der Waals surface area contributed by atoms with Crippen LogP contribution >= 0.6 is 0 Å². The predicted molar refractivity (Wildman–Crippen MR) is 49.2 cm³/mol. The highest BCUT2D eigenvalue weighted by Gasteiger charge is 2.28. The molecule has 0 N–H and O–H groups in total. The van der Waals surface area contributed by atoms with Crippen LogP contribution in [0.15, 0.2) is 12.1 Å². The van der Waals surface area contributed by atoms with Gasteiger partial charge in [0.25, 0.3) is 5.88 Å². The van der Waals surface area contributed by atoms with Crippen LogP contribution in [0.4, 0.5) is 0 Å². The maximum Gasteiger partial charge on any atom is 0.257 e. The highest BCUT2D eigenvalue weighted by atomic mass is 16.6. The van der Waals surface area contributed by atoms with Crippen LogP contribution in [0.1, 0.15) is 19.5 Å². The van der Waals surface area contributed by atoms with Gasteiger partial charge in [-0.15, -0.1) is 0 Å². The van der Waals surface area contributed by atoms with E-state index in [1.807, 2.05) is 32.9 Å². The van der Waals surface area contributed by atoms with Crippen LogP contribution < -0.4 is 9.47 Å². The fraction of sp³-hybridized carbons (Fsp3) is 0.500. The average Bonchev–Trinajstić information content (AvgIpc) is 2.05. The van der Waals surface area contributed by atoms with E-state index in [0.29, 0.717) is 12.5 Å². The van der Waals surface area contributed by atoms with Crippen molar-refractivity contribution in [3.05, 3.63) is 17.8 Å². The van der Waals surface area contributed by atoms with E-state index in [-0.39, 0.29) is 5.60 Å². The third-order valence-corrected chi connectivity index (χ3v) is 1.91. The van der Waals surface area contributed by atoms with Gasteiger partial charge >= 0.3 is 0 Å². The summed E-state index contributed by atoms with van der Waals surface area (Å²) in [5, 5.41) is 0. The van der Waals surface area contributed by atoms with Crippen molar-refractivity contribution in [2.24, 2.45) is 0 Å². The van der Waals surface area contributed by atoms with Gasteiger partial charge in [-0.1, -0.05) is 0 Å². The highest BCUT2D eigenvalue weighted by Crippen LogP contribution is 2.32. The van der Waals surface area contributed by atoms with E-state index in [9.17, 15) is 0 Å². The van der Waals surface area contributed by atoms with Crippen LogP contribution in [0.2, 0.25) is 0 Å².